The van der Waals surface area contributed by atoms with E-state index in [2.05, 4.69) is 20.9 Å². The maximum atomic E-state index is 12.5. The number of anilines is 1. The van der Waals surface area contributed by atoms with Crippen LogP contribution in [-0.2, 0) is 4.74 Å². The average molecular weight is 485 g/mol. The Morgan fingerprint density at radius 2 is 1.94 bits per heavy atom. The zero-order valence-corrected chi connectivity index (χ0v) is 19.6. The minimum atomic E-state index is -0.299. The second kappa shape index (κ2) is 10.6. The largest absolute Gasteiger partial charge is 0.490 e. The first kappa shape index (κ1) is 23.6. The van der Waals surface area contributed by atoms with Crippen molar-refractivity contribution in [2.75, 3.05) is 32.7 Å². The summed E-state index contributed by atoms with van der Waals surface area (Å²) in [6.45, 7) is 0.676. The number of aromatic nitrogens is 1. The van der Waals surface area contributed by atoms with E-state index in [-0.39, 0.29) is 18.0 Å². The SMILES string of the molecule is CNC(=O)c1cc2c(Oc3ccc(NC(=O)NC4CC4)c(Cl)c3)ccnc2cc1OCCOC. The number of pyridine rings is 1. The number of hydrogen-bond acceptors (Lipinski definition) is 6. The van der Waals surface area contributed by atoms with Crippen molar-refractivity contribution in [3.63, 3.8) is 0 Å². The summed E-state index contributed by atoms with van der Waals surface area (Å²) in [7, 11) is 3.13. The number of nitrogens with one attached hydrogen (secondary N) is 3. The van der Waals surface area contributed by atoms with Gasteiger partial charge < -0.3 is 30.2 Å². The normalized spacial score (nSPS) is 12.8. The molecular formula is C24H25ClN4O5. The quantitative estimate of drug-likeness (QED) is 0.389. The molecule has 0 bridgehead atoms. The molecule has 1 fully saturated rings. The average Bonchev–Trinajstić information content (AvgIpc) is 3.64. The topological polar surface area (TPSA) is 111 Å². The van der Waals surface area contributed by atoms with Crippen molar-refractivity contribution in [2.45, 2.75) is 18.9 Å². The molecule has 178 valence electrons. The van der Waals surface area contributed by atoms with E-state index < -0.39 is 0 Å². The highest BCUT2D eigenvalue weighted by molar-refractivity contribution is 6.33. The van der Waals surface area contributed by atoms with Gasteiger partial charge in [0, 0.05) is 43.9 Å². The minimum Gasteiger partial charge on any atom is -0.490 e. The number of ether oxygens (including phenoxy) is 3. The molecule has 0 aliphatic heterocycles. The van der Waals surface area contributed by atoms with Gasteiger partial charge in [-0.25, -0.2) is 4.79 Å². The van der Waals surface area contributed by atoms with E-state index in [1.807, 2.05) is 0 Å². The first-order valence-electron chi connectivity index (χ1n) is 10.8. The maximum Gasteiger partial charge on any atom is 0.319 e. The summed E-state index contributed by atoms with van der Waals surface area (Å²) in [5.41, 5.74) is 1.42. The molecule has 4 rings (SSSR count). The molecule has 1 heterocycles. The zero-order valence-electron chi connectivity index (χ0n) is 18.8. The van der Waals surface area contributed by atoms with Crippen molar-refractivity contribution in [3.8, 4) is 17.2 Å². The third-order valence-electron chi connectivity index (χ3n) is 5.15. The molecule has 3 amide bonds. The maximum absolute atomic E-state index is 12.5. The molecule has 3 N–H and O–H groups in total. The number of nitrogens with zero attached hydrogens (tertiary/aromatic N) is 1. The second-order valence-electron chi connectivity index (χ2n) is 7.71. The van der Waals surface area contributed by atoms with Crippen LogP contribution in [0.2, 0.25) is 5.02 Å². The number of methoxy groups -OCH3 is 1. The molecule has 1 saturated carbocycles. The fourth-order valence-corrected chi connectivity index (χ4v) is 3.48. The highest BCUT2D eigenvalue weighted by Crippen LogP contribution is 2.35. The number of rotatable bonds is 9. The number of amides is 3. The monoisotopic (exact) mass is 484 g/mol. The predicted octanol–water partition coefficient (Wildman–Crippen LogP) is 4.35. The van der Waals surface area contributed by atoms with Gasteiger partial charge in [-0.15, -0.1) is 0 Å². The number of carbonyl (C=O) groups is 2. The first-order valence-corrected chi connectivity index (χ1v) is 11.2. The lowest BCUT2D eigenvalue weighted by Crippen LogP contribution is -2.30. The highest BCUT2D eigenvalue weighted by atomic mass is 35.5. The lowest BCUT2D eigenvalue weighted by atomic mass is 10.1. The molecule has 0 saturated heterocycles. The van der Waals surface area contributed by atoms with Gasteiger partial charge in [-0.2, -0.15) is 0 Å². The molecule has 0 unspecified atom stereocenters. The van der Waals surface area contributed by atoms with Crippen LogP contribution in [0.3, 0.4) is 0 Å². The van der Waals surface area contributed by atoms with Crippen molar-refractivity contribution < 1.29 is 23.8 Å². The molecule has 9 nitrogen and oxygen atoms in total. The van der Waals surface area contributed by atoms with E-state index in [0.717, 1.165) is 12.8 Å². The smallest absolute Gasteiger partial charge is 0.319 e. The third-order valence-corrected chi connectivity index (χ3v) is 5.46. The lowest BCUT2D eigenvalue weighted by Gasteiger charge is -2.14. The standard InChI is InChI=1S/C24H25ClN4O5/c1-26-23(30)17-12-16-20(13-22(17)33-10-9-32-2)27-8-7-21(16)34-15-5-6-19(18(25)11-15)29-24(31)28-14-3-4-14/h5-8,11-14H,3-4,9-10H2,1-2H3,(H,26,30)(H2,28,29,31). The molecule has 1 aliphatic rings. The molecule has 2 aromatic carbocycles. The fourth-order valence-electron chi connectivity index (χ4n) is 3.26. The Morgan fingerprint density at radius 1 is 1.12 bits per heavy atom. The number of halogens is 1. The molecule has 0 spiro atoms. The zero-order chi connectivity index (χ0) is 24.1. The highest BCUT2D eigenvalue weighted by Gasteiger charge is 2.23. The Bertz CT molecular complexity index is 1220. The van der Waals surface area contributed by atoms with Gasteiger partial charge in [0.05, 0.1) is 28.4 Å². The number of carbonyl (C=O) groups excluding carboxylic acids is 2. The van der Waals surface area contributed by atoms with Crippen molar-refractivity contribution in [2.24, 2.45) is 0 Å². The van der Waals surface area contributed by atoms with Gasteiger partial charge in [-0.05, 0) is 37.1 Å². The van der Waals surface area contributed by atoms with Crippen LogP contribution in [0.1, 0.15) is 23.2 Å². The van der Waals surface area contributed by atoms with E-state index in [4.69, 9.17) is 25.8 Å². The lowest BCUT2D eigenvalue weighted by molar-refractivity contribution is 0.0955. The second-order valence-corrected chi connectivity index (χ2v) is 8.12. The number of hydrogen-bond donors (Lipinski definition) is 3. The van der Waals surface area contributed by atoms with Crippen LogP contribution in [-0.4, -0.2) is 50.3 Å². The molecule has 0 atom stereocenters. The van der Waals surface area contributed by atoms with Gasteiger partial charge >= 0.3 is 6.03 Å². The molecule has 10 heteroatoms. The first-order chi connectivity index (χ1) is 16.5. The molecule has 1 aliphatic carbocycles. The van der Waals surface area contributed by atoms with E-state index in [0.29, 0.717) is 57.6 Å². The van der Waals surface area contributed by atoms with E-state index in [1.54, 1.807) is 56.8 Å². The van der Waals surface area contributed by atoms with Gasteiger partial charge in [-0.3, -0.25) is 9.78 Å². The number of urea groups is 1. The summed E-state index contributed by atoms with van der Waals surface area (Å²) in [6.07, 6.45) is 3.60. The van der Waals surface area contributed by atoms with Crippen LogP contribution in [0.15, 0.2) is 42.6 Å². The van der Waals surface area contributed by atoms with Crippen molar-refractivity contribution in [1.82, 2.24) is 15.6 Å². The Labute approximate surface area is 201 Å². The van der Waals surface area contributed by atoms with Gasteiger partial charge in [0.1, 0.15) is 23.9 Å². The number of fused-ring (bicyclic) bond motifs is 1. The van der Waals surface area contributed by atoms with E-state index in [1.165, 1.54) is 0 Å². The van der Waals surface area contributed by atoms with E-state index >= 15 is 0 Å². The van der Waals surface area contributed by atoms with Crippen molar-refractivity contribution in [3.05, 3.63) is 53.2 Å². The van der Waals surface area contributed by atoms with Crippen LogP contribution in [0, 0.1) is 0 Å². The fraction of sp³-hybridized carbons (Fsp3) is 0.292. The number of benzene rings is 2. The Morgan fingerprint density at radius 3 is 2.65 bits per heavy atom. The van der Waals surface area contributed by atoms with Gasteiger partial charge in [0.25, 0.3) is 5.91 Å². The molecule has 3 aromatic rings. The van der Waals surface area contributed by atoms with Crippen LogP contribution in [0.4, 0.5) is 10.5 Å². The molecular weight excluding hydrogens is 460 g/mol. The van der Waals surface area contributed by atoms with Crippen molar-refractivity contribution >= 4 is 40.1 Å². The van der Waals surface area contributed by atoms with Gasteiger partial charge in [0.2, 0.25) is 0 Å². The summed E-state index contributed by atoms with van der Waals surface area (Å²) in [4.78, 5) is 28.9. The minimum absolute atomic E-state index is 0.243. The predicted molar refractivity (Wildman–Crippen MR) is 129 cm³/mol. The van der Waals surface area contributed by atoms with Gasteiger partial charge in [-0.1, -0.05) is 11.6 Å². The van der Waals surface area contributed by atoms with Crippen LogP contribution >= 0.6 is 11.6 Å². The van der Waals surface area contributed by atoms with E-state index in [9.17, 15) is 9.59 Å². The third kappa shape index (κ3) is 5.67. The van der Waals surface area contributed by atoms with Crippen LogP contribution < -0.4 is 25.4 Å². The summed E-state index contributed by atoms with van der Waals surface area (Å²) in [5.74, 6) is 1.05. The van der Waals surface area contributed by atoms with Crippen LogP contribution in [0.25, 0.3) is 10.9 Å². The Balaban J connectivity index is 1.59. The Kier molecular flexibility index (Phi) is 7.34. The molecule has 0 radical (unpaired) electrons. The summed E-state index contributed by atoms with van der Waals surface area (Å²) >= 11 is 6.36. The molecule has 1 aromatic heterocycles. The van der Waals surface area contributed by atoms with Crippen molar-refractivity contribution in [1.29, 1.82) is 0 Å². The Hall–Kier alpha value is -3.56. The van der Waals surface area contributed by atoms with Gasteiger partial charge in [0.15, 0.2) is 0 Å². The molecule has 34 heavy (non-hydrogen) atoms. The van der Waals surface area contributed by atoms with Crippen LogP contribution in [0.5, 0.6) is 17.2 Å². The summed E-state index contributed by atoms with van der Waals surface area (Å²) in [5, 5.41) is 9.17. The summed E-state index contributed by atoms with van der Waals surface area (Å²) < 4.78 is 16.8. The summed E-state index contributed by atoms with van der Waals surface area (Å²) in [6, 6.07) is 10.0.